The summed E-state index contributed by atoms with van der Waals surface area (Å²) in [7, 11) is 4.40. The maximum atomic E-state index is 13.1. The number of carbonyl (C=O) groups is 3. The van der Waals surface area contributed by atoms with Gasteiger partial charge in [0.25, 0.3) is 0 Å². The van der Waals surface area contributed by atoms with Crippen molar-refractivity contribution < 1.29 is 28.6 Å². The Hall–Kier alpha value is -2.92. The molecule has 3 amide bonds. The van der Waals surface area contributed by atoms with Crippen molar-refractivity contribution in [2.75, 3.05) is 26.6 Å². The van der Waals surface area contributed by atoms with Crippen molar-refractivity contribution in [2.24, 2.45) is 0 Å². The van der Waals surface area contributed by atoms with Crippen molar-refractivity contribution in [3.05, 3.63) is 12.1 Å². The SMILES string of the molecule is COc1cc(NC(=O)C2CC(=O)N3C(=S)NC(=O)C(C)(C)N23)cc(OC)c1OC. The van der Waals surface area contributed by atoms with Crippen molar-refractivity contribution in [3.63, 3.8) is 0 Å². The highest BCUT2D eigenvalue weighted by atomic mass is 32.1. The number of carbonyl (C=O) groups excluding carboxylic acids is 3. The molecule has 0 bridgehead atoms. The Balaban J connectivity index is 1.92. The van der Waals surface area contributed by atoms with E-state index >= 15 is 0 Å². The molecule has 11 heteroatoms. The summed E-state index contributed by atoms with van der Waals surface area (Å²) in [6.45, 7) is 3.24. The van der Waals surface area contributed by atoms with Crippen LogP contribution in [0.4, 0.5) is 5.69 Å². The lowest BCUT2D eigenvalue weighted by molar-refractivity contribution is -0.154. The Bertz CT molecular complexity index is 877. The molecule has 2 aliphatic rings. The zero-order valence-corrected chi connectivity index (χ0v) is 17.5. The highest BCUT2D eigenvalue weighted by Gasteiger charge is 2.56. The minimum absolute atomic E-state index is 0.0394. The monoisotopic (exact) mass is 422 g/mol. The summed E-state index contributed by atoms with van der Waals surface area (Å²) in [5, 5.41) is 7.81. The number of methoxy groups -OCH3 is 3. The van der Waals surface area contributed by atoms with E-state index in [1.807, 2.05) is 0 Å². The largest absolute Gasteiger partial charge is 0.493 e. The molecule has 2 heterocycles. The summed E-state index contributed by atoms with van der Waals surface area (Å²) in [6, 6.07) is 2.24. The highest BCUT2D eigenvalue weighted by molar-refractivity contribution is 7.80. The number of anilines is 1. The molecule has 2 aliphatic heterocycles. The van der Waals surface area contributed by atoms with Crippen LogP contribution < -0.4 is 24.8 Å². The molecule has 0 aromatic heterocycles. The first kappa shape index (κ1) is 20.8. The number of hydrazine groups is 1. The predicted molar refractivity (Wildman–Crippen MR) is 107 cm³/mol. The fraction of sp³-hybridized carbons (Fsp3) is 0.444. The Morgan fingerprint density at radius 3 is 2.28 bits per heavy atom. The van der Waals surface area contributed by atoms with Gasteiger partial charge in [-0.25, -0.2) is 5.01 Å². The molecule has 0 aliphatic carbocycles. The van der Waals surface area contributed by atoms with Gasteiger partial charge >= 0.3 is 0 Å². The van der Waals surface area contributed by atoms with Crippen LogP contribution in [0.15, 0.2) is 12.1 Å². The molecule has 1 atom stereocenters. The van der Waals surface area contributed by atoms with E-state index in [2.05, 4.69) is 10.6 Å². The van der Waals surface area contributed by atoms with E-state index in [1.54, 1.807) is 26.0 Å². The number of fused-ring (bicyclic) bond motifs is 1. The number of benzene rings is 1. The van der Waals surface area contributed by atoms with Gasteiger partial charge in [0.2, 0.25) is 23.5 Å². The van der Waals surface area contributed by atoms with Gasteiger partial charge in [-0.05, 0) is 26.1 Å². The molecule has 0 spiro atoms. The number of rotatable bonds is 5. The van der Waals surface area contributed by atoms with E-state index < -0.39 is 17.5 Å². The van der Waals surface area contributed by atoms with Crippen LogP contribution in [0.25, 0.3) is 0 Å². The second kappa shape index (κ2) is 7.48. The molecule has 0 radical (unpaired) electrons. The Kier molecular flexibility index (Phi) is 5.37. The molecule has 2 saturated heterocycles. The van der Waals surface area contributed by atoms with E-state index in [0.29, 0.717) is 22.9 Å². The molecule has 1 aromatic carbocycles. The fourth-order valence-electron chi connectivity index (χ4n) is 3.44. The van der Waals surface area contributed by atoms with Gasteiger partial charge < -0.3 is 19.5 Å². The van der Waals surface area contributed by atoms with Gasteiger partial charge in [0.1, 0.15) is 11.6 Å². The van der Waals surface area contributed by atoms with E-state index in [4.69, 9.17) is 26.4 Å². The summed E-state index contributed by atoms with van der Waals surface area (Å²) in [6.07, 6.45) is -0.116. The van der Waals surface area contributed by atoms with Gasteiger partial charge in [0.05, 0.1) is 27.8 Å². The topological polar surface area (TPSA) is 109 Å². The zero-order valence-electron chi connectivity index (χ0n) is 16.7. The molecule has 1 unspecified atom stereocenters. The van der Waals surface area contributed by atoms with Crippen LogP contribution in [0.5, 0.6) is 17.2 Å². The molecule has 2 N–H and O–H groups in total. The van der Waals surface area contributed by atoms with Crippen molar-refractivity contribution in [1.82, 2.24) is 15.3 Å². The number of nitrogens with zero attached hydrogens (tertiary/aromatic N) is 2. The number of thiocarbonyl (C=S) groups is 1. The van der Waals surface area contributed by atoms with Crippen LogP contribution in [0, 0.1) is 0 Å². The van der Waals surface area contributed by atoms with E-state index in [9.17, 15) is 14.4 Å². The summed E-state index contributed by atoms with van der Waals surface area (Å²) in [5.74, 6) is -0.113. The number of nitrogens with one attached hydrogen (secondary N) is 2. The van der Waals surface area contributed by atoms with E-state index in [1.165, 1.54) is 31.3 Å². The quantitative estimate of drug-likeness (QED) is 0.666. The van der Waals surface area contributed by atoms with Crippen LogP contribution in [0.1, 0.15) is 20.3 Å². The molecular weight excluding hydrogens is 400 g/mol. The lowest BCUT2D eigenvalue weighted by Gasteiger charge is -2.45. The third-order valence-corrected chi connectivity index (χ3v) is 5.17. The lowest BCUT2D eigenvalue weighted by Crippen LogP contribution is -2.71. The van der Waals surface area contributed by atoms with Crippen LogP contribution in [-0.2, 0) is 14.4 Å². The first-order valence-electron chi connectivity index (χ1n) is 8.74. The van der Waals surface area contributed by atoms with Crippen molar-refractivity contribution in [1.29, 1.82) is 0 Å². The van der Waals surface area contributed by atoms with Gasteiger partial charge in [-0.1, -0.05) is 0 Å². The van der Waals surface area contributed by atoms with Gasteiger partial charge in [0.15, 0.2) is 16.6 Å². The standard InChI is InChI=1S/C18H22N4O6S/c1-18(2)16(25)20-17(29)21-13(23)8-10(22(18)21)15(24)19-9-6-11(26-3)14(28-5)12(7-9)27-4/h6-7,10H,8H2,1-5H3,(H,19,24)(H,20,25,29). The molecule has 10 nitrogen and oxygen atoms in total. The third kappa shape index (κ3) is 3.36. The van der Waals surface area contributed by atoms with E-state index in [-0.39, 0.29) is 23.3 Å². The summed E-state index contributed by atoms with van der Waals surface area (Å²) >= 11 is 5.12. The van der Waals surface area contributed by atoms with Gasteiger partial charge in [-0.3, -0.25) is 19.7 Å². The Labute approximate surface area is 173 Å². The van der Waals surface area contributed by atoms with Crippen molar-refractivity contribution >= 4 is 40.7 Å². The molecule has 156 valence electrons. The molecule has 1 aromatic rings. The molecule has 3 rings (SSSR count). The van der Waals surface area contributed by atoms with Crippen molar-refractivity contribution in [2.45, 2.75) is 31.8 Å². The second-order valence-corrected chi connectivity index (χ2v) is 7.38. The molecular formula is C18H22N4O6S. The number of ether oxygens (including phenoxy) is 3. The maximum Gasteiger partial charge on any atom is 0.248 e. The normalized spacial score (nSPS) is 20.8. The Morgan fingerprint density at radius 2 is 1.76 bits per heavy atom. The number of hydrogen-bond acceptors (Lipinski definition) is 8. The minimum Gasteiger partial charge on any atom is -0.493 e. The zero-order chi connectivity index (χ0) is 21.5. The summed E-state index contributed by atoms with van der Waals surface area (Å²) in [4.78, 5) is 37.9. The smallest absolute Gasteiger partial charge is 0.248 e. The Morgan fingerprint density at radius 1 is 1.17 bits per heavy atom. The first-order valence-corrected chi connectivity index (χ1v) is 9.15. The lowest BCUT2D eigenvalue weighted by atomic mass is 10.00. The highest BCUT2D eigenvalue weighted by Crippen LogP contribution is 2.40. The first-order chi connectivity index (χ1) is 13.6. The van der Waals surface area contributed by atoms with E-state index in [0.717, 1.165) is 0 Å². The van der Waals surface area contributed by atoms with Crippen LogP contribution in [0.3, 0.4) is 0 Å². The average molecular weight is 422 g/mol. The van der Waals surface area contributed by atoms with Crippen LogP contribution in [-0.4, -0.2) is 65.8 Å². The summed E-state index contributed by atoms with van der Waals surface area (Å²) < 4.78 is 15.9. The maximum absolute atomic E-state index is 13.1. The van der Waals surface area contributed by atoms with Gasteiger partial charge in [0, 0.05) is 17.8 Å². The van der Waals surface area contributed by atoms with Gasteiger partial charge in [-0.2, -0.15) is 5.01 Å². The molecule has 0 saturated carbocycles. The van der Waals surface area contributed by atoms with Crippen LogP contribution >= 0.6 is 12.2 Å². The fourth-order valence-corrected chi connectivity index (χ4v) is 3.72. The molecule has 29 heavy (non-hydrogen) atoms. The predicted octanol–water partition coefficient (Wildman–Crippen LogP) is 0.662. The number of hydrogen-bond donors (Lipinski definition) is 2. The van der Waals surface area contributed by atoms with Crippen LogP contribution in [0.2, 0.25) is 0 Å². The third-order valence-electron chi connectivity index (χ3n) is 4.89. The van der Waals surface area contributed by atoms with Gasteiger partial charge in [-0.15, -0.1) is 0 Å². The number of amides is 3. The average Bonchev–Trinajstić information content (AvgIpc) is 3.04. The minimum atomic E-state index is -1.15. The molecule has 2 fully saturated rings. The van der Waals surface area contributed by atoms with Crippen molar-refractivity contribution in [3.8, 4) is 17.2 Å². The summed E-state index contributed by atoms with van der Waals surface area (Å²) in [5.41, 5.74) is -0.761. The second-order valence-electron chi connectivity index (χ2n) is 6.99.